The van der Waals surface area contributed by atoms with Gasteiger partial charge in [-0.25, -0.2) is 4.98 Å². The summed E-state index contributed by atoms with van der Waals surface area (Å²) in [7, 11) is 0. The summed E-state index contributed by atoms with van der Waals surface area (Å²) < 4.78 is 0. The van der Waals surface area contributed by atoms with Crippen molar-refractivity contribution in [2.24, 2.45) is 0 Å². The van der Waals surface area contributed by atoms with Crippen LogP contribution in [0.25, 0.3) is 0 Å². The highest BCUT2D eigenvalue weighted by Crippen LogP contribution is 2.38. The summed E-state index contributed by atoms with van der Waals surface area (Å²) in [5.74, 6) is 0. The minimum atomic E-state index is -0.145. The molecular weight excluding hydrogens is 178 g/mol. The summed E-state index contributed by atoms with van der Waals surface area (Å²) in [5.41, 5.74) is 1.10. The number of anilines is 1. The second-order valence-corrected chi connectivity index (χ2v) is 3.61. The van der Waals surface area contributed by atoms with E-state index in [1.54, 1.807) is 18.3 Å². The van der Waals surface area contributed by atoms with Gasteiger partial charge in [-0.1, -0.05) is 0 Å². The van der Waals surface area contributed by atoms with E-state index in [4.69, 9.17) is 10.4 Å². The molecule has 1 aliphatic rings. The zero-order valence-electron chi connectivity index (χ0n) is 7.70. The van der Waals surface area contributed by atoms with Crippen LogP contribution in [0.15, 0.2) is 18.3 Å². The van der Waals surface area contributed by atoms with E-state index in [0.717, 1.165) is 18.5 Å². The van der Waals surface area contributed by atoms with Crippen molar-refractivity contribution in [2.75, 3.05) is 11.9 Å². The fourth-order valence-corrected chi connectivity index (χ4v) is 1.35. The van der Waals surface area contributed by atoms with Gasteiger partial charge in [0.05, 0.1) is 12.1 Å². The van der Waals surface area contributed by atoms with Gasteiger partial charge >= 0.3 is 0 Å². The average Bonchev–Trinajstić information content (AvgIpc) is 2.99. The molecule has 72 valence electrons. The third-order valence-electron chi connectivity index (χ3n) is 2.44. The molecule has 0 radical (unpaired) electrons. The SMILES string of the molecule is N#Cc1cc(NC2(CO)CC2)ccn1. The molecule has 1 heterocycles. The maximum absolute atomic E-state index is 9.10. The smallest absolute Gasteiger partial charge is 0.142 e. The minimum Gasteiger partial charge on any atom is -0.394 e. The Balaban J connectivity index is 2.14. The molecule has 0 aliphatic heterocycles. The highest BCUT2D eigenvalue weighted by Gasteiger charge is 2.41. The third kappa shape index (κ3) is 1.68. The molecule has 1 aromatic rings. The average molecular weight is 189 g/mol. The van der Waals surface area contributed by atoms with Gasteiger partial charge in [0.25, 0.3) is 0 Å². The molecular formula is C10H11N3O. The molecule has 4 heteroatoms. The Hall–Kier alpha value is -1.60. The number of pyridine rings is 1. The van der Waals surface area contributed by atoms with E-state index in [9.17, 15) is 0 Å². The van der Waals surface area contributed by atoms with Crippen molar-refractivity contribution < 1.29 is 5.11 Å². The van der Waals surface area contributed by atoms with Gasteiger partial charge in [-0.15, -0.1) is 0 Å². The van der Waals surface area contributed by atoms with Crippen molar-refractivity contribution in [3.05, 3.63) is 24.0 Å². The second-order valence-electron chi connectivity index (χ2n) is 3.61. The van der Waals surface area contributed by atoms with Gasteiger partial charge < -0.3 is 10.4 Å². The quantitative estimate of drug-likeness (QED) is 0.740. The fraction of sp³-hybridized carbons (Fsp3) is 0.400. The maximum Gasteiger partial charge on any atom is 0.142 e. The molecule has 4 nitrogen and oxygen atoms in total. The summed E-state index contributed by atoms with van der Waals surface area (Å²) in [6, 6.07) is 5.47. The van der Waals surface area contributed by atoms with E-state index in [0.29, 0.717) is 5.69 Å². The van der Waals surface area contributed by atoms with Gasteiger partial charge in [0.15, 0.2) is 0 Å². The number of hydrogen-bond acceptors (Lipinski definition) is 4. The molecule has 1 aromatic heterocycles. The summed E-state index contributed by atoms with van der Waals surface area (Å²) in [4.78, 5) is 3.87. The van der Waals surface area contributed by atoms with Crippen LogP contribution in [-0.4, -0.2) is 22.2 Å². The Morgan fingerprint density at radius 3 is 3.00 bits per heavy atom. The first-order valence-electron chi connectivity index (χ1n) is 4.53. The standard InChI is InChI=1S/C10H11N3O/c11-6-9-5-8(1-4-12-9)13-10(7-14)2-3-10/h1,4-5,14H,2-3,7H2,(H,12,13). The highest BCUT2D eigenvalue weighted by molar-refractivity contribution is 5.49. The lowest BCUT2D eigenvalue weighted by Gasteiger charge is -2.15. The molecule has 0 aromatic carbocycles. The van der Waals surface area contributed by atoms with E-state index in [2.05, 4.69) is 10.3 Å². The molecule has 14 heavy (non-hydrogen) atoms. The number of aliphatic hydroxyl groups excluding tert-OH is 1. The number of rotatable bonds is 3. The molecule has 0 saturated heterocycles. The van der Waals surface area contributed by atoms with Crippen LogP contribution in [0.1, 0.15) is 18.5 Å². The number of nitrogens with zero attached hydrogens (tertiary/aromatic N) is 2. The lowest BCUT2D eigenvalue weighted by atomic mass is 10.2. The zero-order valence-corrected chi connectivity index (χ0v) is 7.70. The fourth-order valence-electron chi connectivity index (χ4n) is 1.35. The van der Waals surface area contributed by atoms with Gasteiger partial charge in [0.1, 0.15) is 11.8 Å². The van der Waals surface area contributed by atoms with E-state index >= 15 is 0 Å². The topological polar surface area (TPSA) is 68.9 Å². The monoisotopic (exact) mass is 189 g/mol. The van der Waals surface area contributed by atoms with Crippen molar-refractivity contribution in [3.63, 3.8) is 0 Å². The number of nitrogens with one attached hydrogen (secondary N) is 1. The van der Waals surface area contributed by atoms with Crippen LogP contribution in [0.3, 0.4) is 0 Å². The maximum atomic E-state index is 9.10. The largest absolute Gasteiger partial charge is 0.394 e. The predicted octanol–water partition coefficient (Wildman–Crippen LogP) is 0.890. The summed E-state index contributed by atoms with van der Waals surface area (Å²) in [5, 5.41) is 21.0. The Morgan fingerprint density at radius 1 is 1.64 bits per heavy atom. The first-order chi connectivity index (χ1) is 6.78. The van der Waals surface area contributed by atoms with Crippen LogP contribution >= 0.6 is 0 Å². The lowest BCUT2D eigenvalue weighted by molar-refractivity contribution is 0.266. The van der Waals surface area contributed by atoms with E-state index in [1.165, 1.54) is 0 Å². The molecule has 1 aliphatic carbocycles. The molecule has 0 unspecified atom stereocenters. The van der Waals surface area contributed by atoms with Crippen LogP contribution in [0.4, 0.5) is 5.69 Å². The number of nitriles is 1. The number of aromatic nitrogens is 1. The number of aliphatic hydroxyl groups is 1. The van der Waals surface area contributed by atoms with Crippen LogP contribution in [0.2, 0.25) is 0 Å². The van der Waals surface area contributed by atoms with E-state index in [1.807, 2.05) is 6.07 Å². The van der Waals surface area contributed by atoms with Crippen molar-refractivity contribution in [1.82, 2.24) is 4.98 Å². The first kappa shape index (κ1) is 8.97. The molecule has 0 spiro atoms. The summed E-state index contributed by atoms with van der Waals surface area (Å²) in [6.07, 6.45) is 3.55. The van der Waals surface area contributed by atoms with Crippen LogP contribution < -0.4 is 5.32 Å². The molecule has 2 rings (SSSR count). The van der Waals surface area contributed by atoms with Crippen molar-refractivity contribution in [2.45, 2.75) is 18.4 Å². The van der Waals surface area contributed by atoms with Crippen LogP contribution in [0, 0.1) is 11.3 Å². The Bertz CT molecular complexity index is 379. The third-order valence-corrected chi connectivity index (χ3v) is 2.44. The second kappa shape index (κ2) is 3.28. The number of hydrogen-bond donors (Lipinski definition) is 2. The van der Waals surface area contributed by atoms with Gasteiger partial charge in [-0.3, -0.25) is 0 Å². The summed E-state index contributed by atoms with van der Waals surface area (Å²) in [6.45, 7) is 0.136. The molecule has 1 saturated carbocycles. The van der Waals surface area contributed by atoms with Crippen LogP contribution in [-0.2, 0) is 0 Å². The predicted molar refractivity (Wildman–Crippen MR) is 51.6 cm³/mol. The van der Waals surface area contributed by atoms with Crippen molar-refractivity contribution in [1.29, 1.82) is 5.26 Å². The van der Waals surface area contributed by atoms with E-state index in [-0.39, 0.29) is 12.1 Å². The van der Waals surface area contributed by atoms with Gasteiger partial charge in [0, 0.05) is 11.9 Å². The molecule has 0 atom stereocenters. The Morgan fingerprint density at radius 2 is 2.43 bits per heavy atom. The Labute approximate surface area is 82.2 Å². The van der Waals surface area contributed by atoms with Crippen LogP contribution in [0.5, 0.6) is 0 Å². The first-order valence-corrected chi connectivity index (χ1v) is 4.53. The van der Waals surface area contributed by atoms with Crippen molar-refractivity contribution >= 4 is 5.69 Å². The Kier molecular flexibility index (Phi) is 2.10. The zero-order chi connectivity index (χ0) is 10.0. The molecule has 0 bridgehead atoms. The van der Waals surface area contributed by atoms with Gasteiger partial charge in [-0.2, -0.15) is 5.26 Å². The molecule has 2 N–H and O–H groups in total. The lowest BCUT2D eigenvalue weighted by Crippen LogP contribution is -2.25. The normalized spacial score (nSPS) is 17.1. The molecule has 0 amide bonds. The van der Waals surface area contributed by atoms with Gasteiger partial charge in [0.2, 0.25) is 0 Å². The summed E-state index contributed by atoms with van der Waals surface area (Å²) >= 11 is 0. The minimum absolute atomic E-state index is 0.136. The van der Waals surface area contributed by atoms with E-state index < -0.39 is 0 Å². The van der Waals surface area contributed by atoms with Crippen molar-refractivity contribution in [3.8, 4) is 6.07 Å². The highest BCUT2D eigenvalue weighted by atomic mass is 16.3. The van der Waals surface area contributed by atoms with Gasteiger partial charge in [-0.05, 0) is 25.0 Å². The molecule has 1 fully saturated rings.